The lowest BCUT2D eigenvalue weighted by atomic mass is 10.0. The molecule has 0 aliphatic carbocycles. The number of hydrogen-bond acceptors (Lipinski definition) is 4. The largest absolute Gasteiger partial charge is 0.338 e. The number of H-pyrrole nitrogens is 1. The van der Waals surface area contributed by atoms with E-state index >= 15 is 0 Å². The summed E-state index contributed by atoms with van der Waals surface area (Å²) in [6.45, 7) is 5.94. The molecule has 2 aromatic heterocycles. The van der Waals surface area contributed by atoms with Crippen LogP contribution in [0.5, 0.6) is 0 Å². The van der Waals surface area contributed by atoms with Gasteiger partial charge in [0, 0.05) is 37.0 Å². The fourth-order valence-electron chi connectivity index (χ4n) is 3.96. The number of nitrogens with zero attached hydrogens (tertiary/aromatic N) is 3. The zero-order valence-corrected chi connectivity index (χ0v) is 17.0. The Labute approximate surface area is 167 Å². The van der Waals surface area contributed by atoms with E-state index in [-0.39, 0.29) is 17.8 Å². The average molecular weight is 400 g/mol. The molecular weight excluding hydrogens is 374 g/mol. The molecule has 148 valence electrons. The Hall–Kier alpha value is -2.61. The van der Waals surface area contributed by atoms with Gasteiger partial charge < -0.3 is 15.2 Å². The second-order valence-corrected chi connectivity index (χ2v) is 8.55. The molecule has 1 aromatic carbocycles. The Bertz CT molecular complexity index is 1040. The van der Waals surface area contributed by atoms with Gasteiger partial charge >= 0.3 is 11.7 Å². The first-order valence-corrected chi connectivity index (χ1v) is 10.5. The summed E-state index contributed by atoms with van der Waals surface area (Å²) in [5.41, 5.74) is 2.79. The summed E-state index contributed by atoms with van der Waals surface area (Å²) in [6, 6.07) is 7.85. The van der Waals surface area contributed by atoms with Gasteiger partial charge in [0.25, 0.3) is 0 Å². The number of carbonyl (C=O) groups is 1. The van der Waals surface area contributed by atoms with Crippen molar-refractivity contribution in [1.82, 2.24) is 24.8 Å². The summed E-state index contributed by atoms with van der Waals surface area (Å²) in [5.74, 6) is 0. The number of nitrogens with one attached hydrogen (secondary N) is 2. The Morgan fingerprint density at radius 3 is 2.75 bits per heavy atom. The van der Waals surface area contributed by atoms with Crippen molar-refractivity contribution in [3.8, 4) is 0 Å². The molecule has 3 aromatic rings. The van der Waals surface area contributed by atoms with E-state index < -0.39 is 0 Å². The number of carbonyl (C=O) groups excluding carboxylic acids is 1. The van der Waals surface area contributed by atoms with Gasteiger partial charge in [-0.3, -0.25) is 4.57 Å². The summed E-state index contributed by atoms with van der Waals surface area (Å²) in [7, 11) is 0. The van der Waals surface area contributed by atoms with Gasteiger partial charge in [-0.2, -0.15) is 0 Å². The first kappa shape index (κ1) is 18.7. The SMILES string of the molecule is Cc1nc(C)c(CCNC(=O)N2CCC(n3c(=O)[nH]c4ccccc43)CC2)s1. The highest BCUT2D eigenvalue weighted by Gasteiger charge is 2.25. The third-order valence-electron chi connectivity index (χ3n) is 5.37. The van der Waals surface area contributed by atoms with E-state index in [0.717, 1.165) is 41.0 Å². The smallest absolute Gasteiger partial charge is 0.326 e. The molecule has 1 aliphatic heterocycles. The van der Waals surface area contributed by atoms with Crippen molar-refractivity contribution in [2.45, 2.75) is 39.2 Å². The van der Waals surface area contributed by atoms with Gasteiger partial charge in [-0.1, -0.05) is 12.1 Å². The minimum absolute atomic E-state index is 0.0244. The maximum Gasteiger partial charge on any atom is 0.326 e. The van der Waals surface area contributed by atoms with E-state index in [1.54, 1.807) is 11.3 Å². The molecule has 1 aliphatic rings. The number of benzene rings is 1. The van der Waals surface area contributed by atoms with E-state index in [9.17, 15) is 9.59 Å². The fourth-order valence-corrected chi connectivity index (χ4v) is 4.90. The molecule has 8 heteroatoms. The van der Waals surface area contributed by atoms with E-state index in [1.165, 1.54) is 4.88 Å². The lowest BCUT2D eigenvalue weighted by Gasteiger charge is -2.32. The summed E-state index contributed by atoms with van der Waals surface area (Å²) in [4.78, 5) is 35.3. The van der Waals surface area contributed by atoms with Crippen molar-refractivity contribution in [3.05, 3.63) is 50.3 Å². The number of imidazole rings is 1. The third-order valence-corrected chi connectivity index (χ3v) is 6.50. The van der Waals surface area contributed by atoms with Crippen LogP contribution >= 0.6 is 11.3 Å². The van der Waals surface area contributed by atoms with Gasteiger partial charge in [-0.25, -0.2) is 14.6 Å². The highest BCUT2D eigenvalue weighted by molar-refractivity contribution is 7.11. The fraction of sp³-hybridized carbons (Fsp3) is 0.450. The Morgan fingerprint density at radius 1 is 1.29 bits per heavy atom. The highest BCUT2D eigenvalue weighted by atomic mass is 32.1. The predicted octanol–water partition coefficient (Wildman–Crippen LogP) is 2.99. The molecule has 2 N–H and O–H groups in total. The van der Waals surface area contributed by atoms with Crippen LogP contribution in [-0.4, -0.2) is 45.1 Å². The maximum absolute atomic E-state index is 12.5. The molecule has 0 unspecified atom stereocenters. The average Bonchev–Trinajstić information content (AvgIpc) is 3.19. The number of aromatic nitrogens is 3. The molecule has 3 heterocycles. The third kappa shape index (κ3) is 3.69. The summed E-state index contributed by atoms with van der Waals surface area (Å²) in [6.07, 6.45) is 2.37. The molecule has 0 atom stereocenters. The number of piperidine rings is 1. The molecule has 2 amide bonds. The topological polar surface area (TPSA) is 83.0 Å². The summed E-state index contributed by atoms with van der Waals surface area (Å²) in [5, 5.41) is 4.08. The van der Waals surface area contributed by atoms with Crippen LogP contribution in [0.3, 0.4) is 0 Å². The zero-order valence-electron chi connectivity index (χ0n) is 16.2. The van der Waals surface area contributed by atoms with Crippen LogP contribution in [0.25, 0.3) is 11.0 Å². The van der Waals surface area contributed by atoms with E-state index in [2.05, 4.69) is 15.3 Å². The lowest BCUT2D eigenvalue weighted by molar-refractivity contribution is 0.172. The predicted molar refractivity (Wildman–Crippen MR) is 111 cm³/mol. The van der Waals surface area contributed by atoms with Crippen LogP contribution in [0.15, 0.2) is 29.1 Å². The molecule has 0 spiro atoms. The first-order chi connectivity index (χ1) is 13.5. The van der Waals surface area contributed by atoms with Crippen molar-refractivity contribution in [1.29, 1.82) is 0 Å². The molecule has 4 rings (SSSR count). The van der Waals surface area contributed by atoms with Gasteiger partial charge in [0.1, 0.15) is 0 Å². The molecule has 0 bridgehead atoms. The lowest BCUT2D eigenvalue weighted by Crippen LogP contribution is -2.45. The van der Waals surface area contributed by atoms with E-state index in [4.69, 9.17) is 0 Å². The first-order valence-electron chi connectivity index (χ1n) is 9.68. The van der Waals surface area contributed by atoms with Gasteiger partial charge in [-0.15, -0.1) is 11.3 Å². The molecule has 1 saturated heterocycles. The van der Waals surface area contributed by atoms with Crippen LogP contribution in [0, 0.1) is 13.8 Å². The number of rotatable bonds is 4. The molecule has 28 heavy (non-hydrogen) atoms. The number of aryl methyl sites for hydroxylation is 2. The Morgan fingerprint density at radius 2 is 2.04 bits per heavy atom. The van der Waals surface area contributed by atoms with Crippen molar-refractivity contribution in [3.63, 3.8) is 0 Å². The second kappa shape index (κ2) is 7.79. The highest BCUT2D eigenvalue weighted by Crippen LogP contribution is 2.24. The van der Waals surface area contributed by atoms with Crippen molar-refractivity contribution in [2.24, 2.45) is 0 Å². The van der Waals surface area contributed by atoms with Crippen LogP contribution in [0.1, 0.15) is 34.5 Å². The normalized spacial score (nSPS) is 15.3. The molecule has 0 saturated carbocycles. The summed E-state index contributed by atoms with van der Waals surface area (Å²) < 4.78 is 1.85. The summed E-state index contributed by atoms with van der Waals surface area (Å²) >= 11 is 1.69. The molecule has 1 fully saturated rings. The van der Waals surface area contributed by atoms with Crippen molar-refractivity contribution in [2.75, 3.05) is 19.6 Å². The van der Waals surface area contributed by atoms with Crippen molar-refractivity contribution >= 4 is 28.4 Å². The minimum Gasteiger partial charge on any atom is -0.338 e. The number of thiazole rings is 1. The van der Waals surface area contributed by atoms with E-state index in [1.807, 2.05) is 47.6 Å². The van der Waals surface area contributed by atoms with Gasteiger partial charge in [0.05, 0.1) is 21.7 Å². The van der Waals surface area contributed by atoms with Crippen molar-refractivity contribution < 1.29 is 4.79 Å². The van der Waals surface area contributed by atoms with Crippen LogP contribution in [0.4, 0.5) is 4.79 Å². The number of urea groups is 1. The van der Waals surface area contributed by atoms with E-state index in [0.29, 0.717) is 19.6 Å². The van der Waals surface area contributed by atoms with Gasteiger partial charge in [-0.05, 0) is 38.8 Å². The molecular formula is C20H25N5O2S. The van der Waals surface area contributed by atoms with Crippen LogP contribution in [-0.2, 0) is 6.42 Å². The standard InChI is InChI=1S/C20H25N5O2S/c1-13-18(28-14(2)22-13)7-10-21-19(26)24-11-8-15(9-12-24)25-17-6-4-3-5-16(17)23-20(25)27/h3-6,15H,7-12H2,1-2H3,(H,21,26)(H,23,27). The maximum atomic E-state index is 12.5. The van der Waals surface area contributed by atoms with Crippen LogP contribution in [0.2, 0.25) is 0 Å². The number of likely N-dealkylation sites (tertiary alicyclic amines) is 1. The quantitative estimate of drug-likeness (QED) is 0.707. The number of amides is 2. The Kier molecular flexibility index (Phi) is 5.21. The number of hydrogen-bond donors (Lipinski definition) is 2. The minimum atomic E-state index is -0.0701. The Balaban J connectivity index is 1.32. The van der Waals surface area contributed by atoms with Gasteiger partial charge in [0.15, 0.2) is 0 Å². The second-order valence-electron chi connectivity index (χ2n) is 7.26. The van der Waals surface area contributed by atoms with Gasteiger partial charge in [0.2, 0.25) is 0 Å². The monoisotopic (exact) mass is 399 g/mol. The zero-order chi connectivity index (χ0) is 19.7. The number of fused-ring (bicyclic) bond motifs is 1. The number of aromatic amines is 1. The molecule has 0 radical (unpaired) electrons. The molecule has 7 nitrogen and oxygen atoms in total. The number of para-hydroxylation sites is 2. The van der Waals surface area contributed by atoms with Crippen LogP contribution < -0.4 is 11.0 Å².